The number of hydrogen-bond donors (Lipinski definition) is 1. The minimum Gasteiger partial charge on any atom is -0.362 e. The zero-order valence-electron chi connectivity index (χ0n) is 15.1. The smallest absolute Gasteiger partial charge is 0.0152 e. The molecule has 1 heteroatoms. The van der Waals surface area contributed by atoms with Gasteiger partial charge in [-0.05, 0) is 74.9 Å². The standard InChI is InChI=1S/C22H27N/c1-15-11-7-9-13-21(15)17(3)19(5)23-20(6)18(4)22-14-10-8-12-16(22)2/h7-14,23H,1-6H3. The fraction of sp³-hybridized carbons (Fsp3) is 0.273. The van der Waals surface area contributed by atoms with Crippen LogP contribution >= 0.6 is 0 Å². The molecule has 0 saturated heterocycles. The Morgan fingerprint density at radius 3 is 1.30 bits per heavy atom. The van der Waals surface area contributed by atoms with Crippen LogP contribution in [0, 0.1) is 13.8 Å². The average Bonchev–Trinajstić information content (AvgIpc) is 2.54. The number of nitrogens with one attached hydrogen (secondary N) is 1. The third kappa shape index (κ3) is 3.92. The molecule has 0 unspecified atom stereocenters. The number of rotatable bonds is 4. The topological polar surface area (TPSA) is 12.0 Å². The Labute approximate surface area is 140 Å². The summed E-state index contributed by atoms with van der Waals surface area (Å²) in [4.78, 5) is 0. The SMILES string of the molecule is CC(NC(C)=C(C)c1ccccc1C)=C(C)c1ccccc1C. The van der Waals surface area contributed by atoms with Crippen molar-refractivity contribution in [3.63, 3.8) is 0 Å². The third-order valence-corrected chi connectivity index (χ3v) is 4.60. The summed E-state index contributed by atoms with van der Waals surface area (Å²) in [5.74, 6) is 0. The fourth-order valence-corrected chi connectivity index (χ4v) is 2.86. The van der Waals surface area contributed by atoms with E-state index in [1.54, 1.807) is 0 Å². The molecule has 1 nitrogen and oxygen atoms in total. The van der Waals surface area contributed by atoms with E-state index in [1.165, 1.54) is 44.8 Å². The van der Waals surface area contributed by atoms with E-state index in [4.69, 9.17) is 0 Å². The van der Waals surface area contributed by atoms with E-state index in [0.717, 1.165) is 0 Å². The number of benzene rings is 2. The lowest BCUT2D eigenvalue weighted by atomic mass is 9.99. The van der Waals surface area contributed by atoms with Crippen molar-refractivity contribution in [2.24, 2.45) is 0 Å². The quantitative estimate of drug-likeness (QED) is 0.720. The molecule has 23 heavy (non-hydrogen) atoms. The molecular formula is C22H27N. The van der Waals surface area contributed by atoms with E-state index >= 15 is 0 Å². The lowest BCUT2D eigenvalue weighted by Gasteiger charge is -2.16. The first-order valence-corrected chi connectivity index (χ1v) is 8.15. The molecule has 0 bridgehead atoms. The Morgan fingerprint density at radius 2 is 0.957 bits per heavy atom. The summed E-state index contributed by atoms with van der Waals surface area (Å²) in [6, 6.07) is 17.1. The highest BCUT2D eigenvalue weighted by Gasteiger charge is 2.07. The Morgan fingerprint density at radius 1 is 0.609 bits per heavy atom. The maximum absolute atomic E-state index is 3.59. The molecular weight excluding hydrogens is 278 g/mol. The predicted octanol–water partition coefficient (Wildman–Crippen LogP) is 6.10. The van der Waals surface area contributed by atoms with Crippen LogP contribution in [0.25, 0.3) is 11.1 Å². The summed E-state index contributed by atoms with van der Waals surface area (Å²) in [5, 5.41) is 3.59. The Kier molecular flexibility index (Phi) is 5.44. The summed E-state index contributed by atoms with van der Waals surface area (Å²) in [6.07, 6.45) is 0. The van der Waals surface area contributed by atoms with Crippen LogP contribution in [0.2, 0.25) is 0 Å². The van der Waals surface area contributed by atoms with Gasteiger partial charge in [-0.15, -0.1) is 0 Å². The van der Waals surface area contributed by atoms with Crippen LogP contribution in [0.15, 0.2) is 59.9 Å². The van der Waals surface area contributed by atoms with Crippen LogP contribution in [-0.4, -0.2) is 0 Å². The van der Waals surface area contributed by atoms with E-state index in [9.17, 15) is 0 Å². The molecule has 2 aromatic rings. The highest BCUT2D eigenvalue weighted by Crippen LogP contribution is 2.24. The van der Waals surface area contributed by atoms with Crippen molar-refractivity contribution in [2.45, 2.75) is 41.5 Å². The van der Waals surface area contributed by atoms with Crippen LogP contribution in [0.5, 0.6) is 0 Å². The van der Waals surface area contributed by atoms with Crippen molar-refractivity contribution in [3.05, 3.63) is 82.2 Å². The van der Waals surface area contributed by atoms with Crippen LogP contribution in [0.4, 0.5) is 0 Å². The van der Waals surface area contributed by atoms with Gasteiger partial charge >= 0.3 is 0 Å². The number of allylic oxidation sites excluding steroid dienone is 4. The maximum atomic E-state index is 3.59. The molecule has 1 N–H and O–H groups in total. The van der Waals surface area contributed by atoms with Crippen molar-refractivity contribution < 1.29 is 0 Å². The first kappa shape index (κ1) is 17.1. The Balaban J connectivity index is 2.34. The van der Waals surface area contributed by atoms with E-state index in [2.05, 4.69) is 95.4 Å². The highest BCUT2D eigenvalue weighted by atomic mass is 14.9. The number of aryl methyl sites for hydroxylation is 2. The maximum Gasteiger partial charge on any atom is 0.0152 e. The summed E-state index contributed by atoms with van der Waals surface area (Å²) in [6.45, 7) is 13.0. The first-order chi connectivity index (χ1) is 10.9. The van der Waals surface area contributed by atoms with Crippen molar-refractivity contribution in [1.82, 2.24) is 5.32 Å². The second-order valence-electron chi connectivity index (χ2n) is 6.25. The third-order valence-electron chi connectivity index (χ3n) is 4.60. The van der Waals surface area contributed by atoms with Gasteiger partial charge in [0.1, 0.15) is 0 Å². The van der Waals surface area contributed by atoms with Crippen molar-refractivity contribution in [1.29, 1.82) is 0 Å². The summed E-state index contributed by atoms with van der Waals surface area (Å²) in [5.41, 5.74) is 10.2. The molecule has 0 aliphatic heterocycles. The fourth-order valence-electron chi connectivity index (χ4n) is 2.86. The summed E-state index contributed by atoms with van der Waals surface area (Å²) < 4.78 is 0. The van der Waals surface area contributed by atoms with Crippen molar-refractivity contribution in [3.8, 4) is 0 Å². The molecule has 0 aliphatic rings. The zero-order valence-corrected chi connectivity index (χ0v) is 15.1. The molecule has 0 fully saturated rings. The largest absolute Gasteiger partial charge is 0.362 e. The molecule has 0 radical (unpaired) electrons. The van der Waals surface area contributed by atoms with E-state index in [1.807, 2.05) is 0 Å². The molecule has 0 amide bonds. The van der Waals surface area contributed by atoms with Gasteiger partial charge in [-0.25, -0.2) is 0 Å². The van der Waals surface area contributed by atoms with Gasteiger partial charge in [0.2, 0.25) is 0 Å². The van der Waals surface area contributed by atoms with Gasteiger partial charge < -0.3 is 5.32 Å². The highest BCUT2D eigenvalue weighted by molar-refractivity contribution is 5.72. The molecule has 120 valence electrons. The zero-order chi connectivity index (χ0) is 17.0. The second-order valence-corrected chi connectivity index (χ2v) is 6.25. The minimum atomic E-state index is 1.20. The lowest BCUT2D eigenvalue weighted by molar-refractivity contribution is 0.968. The monoisotopic (exact) mass is 305 g/mol. The van der Waals surface area contributed by atoms with Gasteiger partial charge in [0.05, 0.1) is 0 Å². The Hall–Kier alpha value is -2.28. The molecule has 0 aliphatic carbocycles. The first-order valence-electron chi connectivity index (χ1n) is 8.15. The van der Waals surface area contributed by atoms with Crippen LogP contribution in [0.3, 0.4) is 0 Å². The summed E-state index contributed by atoms with van der Waals surface area (Å²) >= 11 is 0. The molecule has 0 atom stereocenters. The molecule has 0 aromatic heterocycles. The van der Waals surface area contributed by atoms with Crippen molar-refractivity contribution in [2.75, 3.05) is 0 Å². The Bertz CT molecular complexity index is 698. The number of hydrogen-bond acceptors (Lipinski definition) is 1. The molecule has 2 aromatic carbocycles. The molecule has 0 heterocycles. The second kappa shape index (κ2) is 7.32. The lowest BCUT2D eigenvalue weighted by Crippen LogP contribution is -2.11. The molecule has 0 spiro atoms. The average molecular weight is 305 g/mol. The van der Waals surface area contributed by atoms with Gasteiger partial charge in [-0.2, -0.15) is 0 Å². The van der Waals surface area contributed by atoms with E-state index < -0.39 is 0 Å². The summed E-state index contributed by atoms with van der Waals surface area (Å²) in [7, 11) is 0. The van der Waals surface area contributed by atoms with Crippen molar-refractivity contribution >= 4 is 11.1 Å². The molecule has 0 saturated carbocycles. The van der Waals surface area contributed by atoms with Crippen LogP contribution < -0.4 is 5.32 Å². The van der Waals surface area contributed by atoms with Crippen LogP contribution in [-0.2, 0) is 0 Å². The van der Waals surface area contributed by atoms with E-state index in [-0.39, 0.29) is 0 Å². The van der Waals surface area contributed by atoms with E-state index in [0.29, 0.717) is 0 Å². The molecule has 2 rings (SSSR count). The van der Waals surface area contributed by atoms with Gasteiger partial charge in [0, 0.05) is 11.4 Å². The van der Waals surface area contributed by atoms with Crippen LogP contribution in [0.1, 0.15) is 49.9 Å². The van der Waals surface area contributed by atoms with Gasteiger partial charge in [-0.1, -0.05) is 48.5 Å². The normalized spacial score (nSPS) is 13.3. The van der Waals surface area contributed by atoms with Gasteiger partial charge in [0.15, 0.2) is 0 Å². The van der Waals surface area contributed by atoms with Gasteiger partial charge in [0.25, 0.3) is 0 Å². The predicted molar refractivity (Wildman–Crippen MR) is 102 cm³/mol. The van der Waals surface area contributed by atoms with Gasteiger partial charge in [-0.3, -0.25) is 0 Å². The minimum absolute atomic E-state index is 1.20.